The van der Waals surface area contributed by atoms with Gasteiger partial charge in [-0.25, -0.2) is 9.59 Å². The Balaban J connectivity index is 1.91. The van der Waals surface area contributed by atoms with Crippen LogP contribution in [0.5, 0.6) is 0 Å². The minimum atomic E-state index is -0.505. The molecule has 1 unspecified atom stereocenters. The minimum Gasteiger partial charge on any atom is -0.445 e. The molecule has 0 spiro atoms. The lowest BCUT2D eigenvalue weighted by Gasteiger charge is -2.42. The first-order chi connectivity index (χ1) is 13.6. The molecule has 2 rings (SSSR count). The van der Waals surface area contributed by atoms with Crippen LogP contribution < -0.4 is 5.32 Å². The predicted octanol–water partition coefficient (Wildman–Crippen LogP) is 4.89. The quantitative estimate of drug-likeness (QED) is 0.688. The number of hydrogen-bond donors (Lipinski definition) is 1. The molecule has 1 saturated heterocycles. The minimum absolute atomic E-state index is 0.212. The van der Waals surface area contributed by atoms with Crippen molar-refractivity contribution in [2.45, 2.75) is 64.7 Å². The fraction of sp³-hybridized carbons (Fsp3) is 0.565. The monoisotopic (exact) mass is 402 g/mol. The maximum absolute atomic E-state index is 12.4. The molecule has 1 aromatic rings. The highest BCUT2D eigenvalue weighted by Gasteiger charge is 2.38. The van der Waals surface area contributed by atoms with E-state index in [1.54, 1.807) is 4.90 Å². The Morgan fingerprint density at radius 1 is 1.17 bits per heavy atom. The summed E-state index contributed by atoms with van der Waals surface area (Å²) in [5.41, 5.74) is -0.0380. The van der Waals surface area contributed by atoms with Crippen molar-refractivity contribution in [3.8, 4) is 0 Å². The van der Waals surface area contributed by atoms with Crippen LogP contribution >= 0.6 is 0 Å². The number of nitrogens with one attached hydrogen (secondary N) is 1. The summed E-state index contributed by atoms with van der Waals surface area (Å²) in [5.74, 6) is 0.212. The molecule has 1 aliphatic rings. The maximum Gasteiger partial charge on any atom is 0.410 e. The lowest BCUT2D eigenvalue weighted by atomic mass is 9.77. The van der Waals surface area contributed by atoms with E-state index in [0.29, 0.717) is 19.5 Å². The second-order valence-electron chi connectivity index (χ2n) is 8.84. The second kappa shape index (κ2) is 9.81. The summed E-state index contributed by atoms with van der Waals surface area (Å²) < 4.78 is 10.9. The van der Waals surface area contributed by atoms with Crippen molar-refractivity contribution >= 4 is 12.2 Å². The third-order valence-electron chi connectivity index (χ3n) is 5.22. The van der Waals surface area contributed by atoms with Crippen molar-refractivity contribution in [2.75, 3.05) is 13.1 Å². The number of likely N-dealkylation sites (tertiary alicyclic amines) is 1. The van der Waals surface area contributed by atoms with Crippen molar-refractivity contribution in [3.63, 3.8) is 0 Å². The highest BCUT2D eigenvalue weighted by Crippen LogP contribution is 2.32. The normalized spacial score (nSPS) is 17.2. The first kappa shape index (κ1) is 22.8. The molecule has 1 aliphatic heterocycles. The molecule has 1 fully saturated rings. The first-order valence-corrected chi connectivity index (χ1v) is 10.2. The molecule has 160 valence electrons. The van der Waals surface area contributed by atoms with Gasteiger partial charge < -0.3 is 19.7 Å². The zero-order chi connectivity index (χ0) is 21.5. The molecule has 0 aromatic heterocycles. The number of amides is 2. The second-order valence-corrected chi connectivity index (χ2v) is 8.84. The molecule has 6 nitrogen and oxygen atoms in total. The van der Waals surface area contributed by atoms with Gasteiger partial charge in [-0.15, -0.1) is 6.58 Å². The predicted molar refractivity (Wildman–Crippen MR) is 114 cm³/mol. The molecule has 0 bridgehead atoms. The summed E-state index contributed by atoms with van der Waals surface area (Å²) in [4.78, 5) is 26.5. The third-order valence-corrected chi connectivity index (χ3v) is 5.22. The largest absolute Gasteiger partial charge is 0.445 e. The van der Waals surface area contributed by atoms with E-state index in [2.05, 4.69) is 11.9 Å². The Morgan fingerprint density at radius 2 is 1.79 bits per heavy atom. The molecule has 0 radical (unpaired) electrons. The molecular formula is C23H34N2O4. The summed E-state index contributed by atoms with van der Waals surface area (Å²) >= 11 is 0. The van der Waals surface area contributed by atoms with E-state index in [-0.39, 0.29) is 18.6 Å². The molecule has 0 saturated carbocycles. The van der Waals surface area contributed by atoms with Crippen LogP contribution in [0.1, 0.15) is 52.5 Å². The average molecular weight is 403 g/mol. The average Bonchev–Trinajstić information content (AvgIpc) is 2.66. The molecule has 1 N–H and O–H groups in total. The van der Waals surface area contributed by atoms with Gasteiger partial charge in [0.05, 0.1) is 0 Å². The zero-order valence-corrected chi connectivity index (χ0v) is 18.1. The summed E-state index contributed by atoms with van der Waals surface area (Å²) in [6, 6.07) is 9.59. The molecular weight excluding hydrogens is 368 g/mol. The van der Waals surface area contributed by atoms with Crippen LogP contribution in [-0.4, -0.2) is 41.3 Å². The highest BCUT2D eigenvalue weighted by atomic mass is 16.6. The number of carbonyl (C=O) groups is 2. The molecule has 0 aliphatic carbocycles. The van der Waals surface area contributed by atoms with E-state index in [0.717, 1.165) is 18.4 Å². The number of nitrogens with zero attached hydrogens (tertiary/aromatic N) is 1. The molecule has 1 heterocycles. The van der Waals surface area contributed by atoms with Crippen LogP contribution in [0, 0.1) is 5.92 Å². The fourth-order valence-electron chi connectivity index (χ4n) is 3.64. The van der Waals surface area contributed by atoms with Crippen molar-refractivity contribution in [1.29, 1.82) is 0 Å². The molecule has 1 atom stereocenters. The Kier molecular flexibility index (Phi) is 7.71. The van der Waals surface area contributed by atoms with Gasteiger partial charge in [-0.3, -0.25) is 0 Å². The molecule has 6 heteroatoms. The van der Waals surface area contributed by atoms with Crippen LogP contribution in [0.15, 0.2) is 43.0 Å². The number of rotatable bonds is 6. The number of hydrogen-bond acceptors (Lipinski definition) is 4. The summed E-state index contributed by atoms with van der Waals surface area (Å²) in [7, 11) is 0. The van der Waals surface area contributed by atoms with Crippen LogP contribution in [-0.2, 0) is 16.1 Å². The lowest BCUT2D eigenvalue weighted by Crippen LogP contribution is -2.55. The molecule has 29 heavy (non-hydrogen) atoms. The van der Waals surface area contributed by atoms with E-state index >= 15 is 0 Å². The Bertz CT molecular complexity index is 691. The number of benzene rings is 1. The van der Waals surface area contributed by atoms with Gasteiger partial charge in [0, 0.05) is 18.6 Å². The van der Waals surface area contributed by atoms with Crippen LogP contribution in [0.25, 0.3) is 0 Å². The van der Waals surface area contributed by atoms with Gasteiger partial charge in [0.25, 0.3) is 0 Å². The zero-order valence-electron chi connectivity index (χ0n) is 18.1. The smallest absolute Gasteiger partial charge is 0.410 e. The van der Waals surface area contributed by atoms with E-state index in [4.69, 9.17) is 9.47 Å². The van der Waals surface area contributed by atoms with Gasteiger partial charge in [-0.2, -0.15) is 0 Å². The number of alkyl carbamates (subject to hydrolysis) is 1. The van der Waals surface area contributed by atoms with Crippen molar-refractivity contribution in [2.24, 2.45) is 5.92 Å². The van der Waals surface area contributed by atoms with Gasteiger partial charge in [0.1, 0.15) is 12.2 Å². The van der Waals surface area contributed by atoms with Crippen molar-refractivity contribution < 1.29 is 19.1 Å². The fourth-order valence-corrected chi connectivity index (χ4v) is 3.64. The Morgan fingerprint density at radius 3 is 2.34 bits per heavy atom. The van der Waals surface area contributed by atoms with E-state index < -0.39 is 17.2 Å². The van der Waals surface area contributed by atoms with Crippen LogP contribution in [0.2, 0.25) is 0 Å². The van der Waals surface area contributed by atoms with Crippen molar-refractivity contribution in [1.82, 2.24) is 10.2 Å². The first-order valence-electron chi connectivity index (χ1n) is 10.2. The van der Waals surface area contributed by atoms with Gasteiger partial charge in [-0.05, 0) is 58.4 Å². The van der Waals surface area contributed by atoms with Gasteiger partial charge >= 0.3 is 12.2 Å². The van der Waals surface area contributed by atoms with E-state index in [1.807, 2.05) is 64.1 Å². The summed E-state index contributed by atoms with van der Waals surface area (Å²) in [6.07, 6.45) is 3.29. The van der Waals surface area contributed by atoms with Gasteiger partial charge in [0.15, 0.2) is 0 Å². The SMILES string of the molecule is C=CCC(C)(NC(=O)OCc1ccccc1)C1CCN(C(=O)OC(C)(C)C)CC1. The summed E-state index contributed by atoms with van der Waals surface area (Å²) in [5, 5.41) is 3.05. The number of ether oxygens (including phenoxy) is 2. The topological polar surface area (TPSA) is 67.9 Å². The Labute approximate surface area is 174 Å². The highest BCUT2D eigenvalue weighted by molar-refractivity contribution is 5.69. The van der Waals surface area contributed by atoms with E-state index in [1.165, 1.54) is 0 Å². The summed E-state index contributed by atoms with van der Waals surface area (Å²) in [6.45, 7) is 12.9. The molecule has 2 amide bonds. The lowest BCUT2D eigenvalue weighted by molar-refractivity contribution is 0.0133. The van der Waals surface area contributed by atoms with Gasteiger partial charge in [-0.1, -0.05) is 36.4 Å². The van der Waals surface area contributed by atoms with Crippen molar-refractivity contribution in [3.05, 3.63) is 48.6 Å². The Hall–Kier alpha value is -2.50. The molecule has 1 aromatic carbocycles. The third kappa shape index (κ3) is 7.11. The van der Waals surface area contributed by atoms with Gasteiger partial charge in [0.2, 0.25) is 0 Å². The number of piperidine rings is 1. The number of carbonyl (C=O) groups excluding carboxylic acids is 2. The maximum atomic E-state index is 12.4. The standard InChI is InChI=1S/C23H34N2O4/c1-6-14-23(5,24-20(26)28-17-18-10-8-7-9-11-18)19-12-15-25(16-13-19)21(27)29-22(2,3)4/h6-11,19H,1,12-17H2,2-5H3,(H,24,26). The van der Waals surface area contributed by atoms with E-state index in [9.17, 15) is 9.59 Å². The van der Waals surface area contributed by atoms with Crippen LogP contribution in [0.3, 0.4) is 0 Å². The van der Waals surface area contributed by atoms with Crippen LogP contribution in [0.4, 0.5) is 9.59 Å².